The lowest BCUT2D eigenvalue weighted by Gasteiger charge is -2.23. The third-order valence-electron chi connectivity index (χ3n) is 3.13. The van der Waals surface area contributed by atoms with E-state index in [9.17, 15) is 4.79 Å². The molecule has 1 aliphatic rings. The zero-order valence-corrected chi connectivity index (χ0v) is 11.9. The number of amides is 1. The maximum absolute atomic E-state index is 12.6. The van der Waals surface area contributed by atoms with Crippen molar-refractivity contribution >= 4 is 17.5 Å². The Bertz CT molecular complexity index is 464. The van der Waals surface area contributed by atoms with E-state index in [2.05, 4.69) is 0 Å². The van der Waals surface area contributed by atoms with Gasteiger partial charge in [-0.2, -0.15) is 0 Å². The number of carbonyl (C=O) groups is 1. The Labute approximate surface area is 118 Å². The molecule has 0 unspecified atom stereocenters. The Morgan fingerprint density at radius 3 is 3.05 bits per heavy atom. The second-order valence-electron chi connectivity index (χ2n) is 4.63. The first-order chi connectivity index (χ1) is 9.11. The summed E-state index contributed by atoms with van der Waals surface area (Å²) in [6.07, 6.45) is 0.899. The zero-order chi connectivity index (χ0) is 13.8. The molecule has 1 fully saturated rings. The maximum Gasteiger partial charge on any atom is 0.257 e. The van der Waals surface area contributed by atoms with Crippen LogP contribution in [0, 0.1) is 0 Å². The van der Waals surface area contributed by atoms with Gasteiger partial charge in [0.1, 0.15) is 5.75 Å². The van der Waals surface area contributed by atoms with Gasteiger partial charge in [-0.3, -0.25) is 4.79 Å². The van der Waals surface area contributed by atoms with E-state index >= 15 is 0 Å². The molecule has 1 aromatic carbocycles. The third-order valence-corrected chi connectivity index (χ3v) is 3.37. The monoisotopic (exact) mass is 283 g/mol. The van der Waals surface area contributed by atoms with Crippen molar-refractivity contribution in [2.24, 2.45) is 0 Å². The van der Waals surface area contributed by atoms with Gasteiger partial charge in [0, 0.05) is 24.7 Å². The predicted molar refractivity (Wildman–Crippen MR) is 73.9 cm³/mol. The van der Waals surface area contributed by atoms with Crippen molar-refractivity contribution in [3.05, 3.63) is 28.8 Å². The van der Waals surface area contributed by atoms with Crippen LogP contribution < -0.4 is 4.74 Å². The quantitative estimate of drug-likeness (QED) is 0.837. The highest BCUT2D eigenvalue weighted by Crippen LogP contribution is 2.24. The number of methoxy groups -OCH3 is 1. The summed E-state index contributed by atoms with van der Waals surface area (Å²) < 4.78 is 10.8. The lowest BCUT2D eigenvalue weighted by molar-refractivity contribution is 0.0561. The first kappa shape index (κ1) is 14.2. The smallest absolute Gasteiger partial charge is 0.257 e. The number of nitrogens with zero attached hydrogens (tertiary/aromatic N) is 1. The van der Waals surface area contributed by atoms with Crippen LogP contribution >= 0.6 is 11.6 Å². The standard InChI is InChI=1S/C14H18ClNO3/c1-10-9-16(6-3-7-19-10)14(17)12-8-11(15)4-5-13(12)18-2/h4-5,8,10H,3,6-7,9H2,1-2H3/t10-/m0/s1. The third kappa shape index (κ3) is 3.39. The van der Waals surface area contributed by atoms with Gasteiger partial charge in [-0.25, -0.2) is 0 Å². The molecule has 0 saturated carbocycles. The molecule has 0 bridgehead atoms. The molecular formula is C14H18ClNO3. The van der Waals surface area contributed by atoms with Gasteiger partial charge in [-0.1, -0.05) is 11.6 Å². The molecule has 19 heavy (non-hydrogen) atoms. The number of benzene rings is 1. The number of ether oxygens (including phenoxy) is 2. The average Bonchev–Trinajstić information content (AvgIpc) is 2.62. The minimum absolute atomic E-state index is 0.0524. The second kappa shape index (κ2) is 6.26. The Balaban J connectivity index is 2.24. The van der Waals surface area contributed by atoms with Crippen molar-refractivity contribution in [3.8, 4) is 5.75 Å². The number of hydrogen-bond donors (Lipinski definition) is 0. The van der Waals surface area contributed by atoms with E-state index in [-0.39, 0.29) is 12.0 Å². The summed E-state index contributed by atoms with van der Waals surface area (Å²) in [6.45, 7) is 3.95. The van der Waals surface area contributed by atoms with Gasteiger partial charge in [-0.15, -0.1) is 0 Å². The molecule has 1 atom stereocenters. The minimum Gasteiger partial charge on any atom is -0.496 e. The van der Waals surface area contributed by atoms with Crippen molar-refractivity contribution in [3.63, 3.8) is 0 Å². The van der Waals surface area contributed by atoms with Gasteiger partial charge in [0.15, 0.2) is 0 Å². The van der Waals surface area contributed by atoms with Crippen LogP contribution in [0.15, 0.2) is 18.2 Å². The molecule has 1 saturated heterocycles. The van der Waals surface area contributed by atoms with E-state index in [4.69, 9.17) is 21.1 Å². The molecular weight excluding hydrogens is 266 g/mol. The number of halogens is 1. The van der Waals surface area contributed by atoms with Crippen LogP contribution in [-0.4, -0.2) is 43.7 Å². The topological polar surface area (TPSA) is 38.8 Å². The lowest BCUT2D eigenvalue weighted by Crippen LogP contribution is -2.36. The van der Waals surface area contributed by atoms with Gasteiger partial charge >= 0.3 is 0 Å². The SMILES string of the molecule is COc1ccc(Cl)cc1C(=O)N1CCCO[C@@H](C)C1. The number of hydrogen-bond acceptors (Lipinski definition) is 3. The van der Waals surface area contributed by atoms with Gasteiger partial charge in [0.2, 0.25) is 0 Å². The number of rotatable bonds is 2. The van der Waals surface area contributed by atoms with Crippen molar-refractivity contribution in [2.45, 2.75) is 19.4 Å². The van der Waals surface area contributed by atoms with E-state index in [1.165, 1.54) is 0 Å². The van der Waals surface area contributed by atoms with E-state index in [0.29, 0.717) is 36.0 Å². The molecule has 1 aromatic rings. The molecule has 104 valence electrons. The van der Waals surface area contributed by atoms with E-state index in [1.54, 1.807) is 30.2 Å². The Hall–Kier alpha value is -1.26. The molecule has 5 heteroatoms. The molecule has 0 aliphatic carbocycles. The van der Waals surface area contributed by atoms with Crippen LogP contribution in [0.3, 0.4) is 0 Å². The fourth-order valence-corrected chi connectivity index (χ4v) is 2.37. The van der Waals surface area contributed by atoms with E-state index in [0.717, 1.165) is 6.42 Å². The largest absolute Gasteiger partial charge is 0.496 e. The summed E-state index contributed by atoms with van der Waals surface area (Å²) in [7, 11) is 1.55. The fourth-order valence-electron chi connectivity index (χ4n) is 2.20. The molecule has 0 N–H and O–H groups in total. The van der Waals surface area contributed by atoms with E-state index < -0.39 is 0 Å². The highest BCUT2D eigenvalue weighted by Gasteiger charge is 2.23. The normalized spacial score (nSPS) is 19.9. The molecule has 0 aromatic heterocycles. The highest BCUT2D eigenvalue weighted by atomic mass is 35.5. The van der Waals surface area contributed by atoms with Gasteiger partial charge in [0.05, 0.1) is 18.8 Å². The zero-order valence-electron chi connectivity index (χ0n) is 11.2. The molecule has 0 radical (unpaired) electrons. The Morgan fingerprint density at radius 1 is 1.53 bits per heavy atom. The van der Waals surface area contributed by atoms with Crippen LogP contribution in [0.2, 0.25) is 5.02 Å². The van der Waals surface area contributed by atoms with Crippen LogP contribution in [0.1, 0.15) is 23.7 Å². The summed E-state index contributed by atoms with van der Waals surface area (Å²) >= 11 is 5.97. The summed E-state index contributed by atoms with van der Waals surface area (Å²) in [4.78, 5) is 14.4. The molecule has 1 aliphatic heterocycles. The summed E-state index contributed by atoms with van der Waals surface area (Å²) in [5, 5.41) is 0.531. The van der Waals surface area contributed by atoms with Gasteiger partial charge in [0.25, 0.3) is 5.91 Å². The fraction of sp³-hybridized carbons (Fsp3) is 0.500. The molecule has 1 amide bonds. The van der Waals surface area contributed by atoms with Crippen molar-refractivity contribution in [2.75, 3.05) is 26.8 Å². The van der Waals surface area contributed by atoms with Gasteiger partial charge < -0.3 is 14.4 Å². The lowest BCUT2D eigenvalue weighted by atomic mass is 10.1. The molecule has 1 heterocycles. The van der Waals surface area contributed by atoms with Crippen LogP contribution in [-0.2, 0) is 4.74 Å². The van der Waals surface area contributed by atoms with Crippen LogP contribution in [0.5, 0.6) is 5.75 Å². The maximum atomic E-state index is 12.6. The van der Waals surface area contributed by atoms with Crippen molar-refractivity contribution in [1.82, 2.24) is 4.90 Å². The van der Waals surface area contributed by atoms with E-state index in [1.807, 2.05) is 6.92 Å². The van der Waals surface area contributed by atoms with Crippen LogP contribution in [0.4, 0.5) is 0 Å². The summed E-state index contributed by atoms with van der Waals surface area (Å²) in [5.41, 5.74) is 0.504. The summed E-state index contributed by atoms with van der Waals surface area (Å²) in [5.74, 6) is 0.490. The Kier molecular flexibility index (Phi) is 4.66. The van der Waals surface area contributed by atoms with Crippen molar-refractivity contribution < 1.29 is 14.3 Å². The van der Waals surface area contributed by atoms with Crippen molar-refractivity contribution in [1.29, 1.82) is 0 Å². The van der Waals surface area contributed by atoms with Gasteiger partial charge in [-0.05, 0) is 31.5 Å². The first-order valence-electron chi connectivity index (χ1n) is 6.36. The van der Waals surface area contributed by atoms with Crippen LogP contribution in [0.25, 0.3) is 0 Å². The average molecular weight is 284 g/mol. The molecule has 4 nitrogen and oxygen atoms in total. The highest BCUT2D eigenvalue weighted by molar-refractivity contribution is 6.31. The minimum atomic E-state index is -0.0586. The second-order valence-corrected chi connectivity index (χ2v) is 5.07. The molecule has 0 spiro atoms. The number of carbonyl (C=O) groups excluding carboxylic acids is 1. The predicted octanol–water partition coefficient (Wildman–Crippen LogP) is 2.60. The Morgan fingerprint density at radius 2 is 2.32 bits per heavy atom. The molecule has 2 rings (SSSR count). The first-order valence-corrected chi connectivity index (χ1v) is 6.74. The summed E-state index contributed by atoms with van der Waals surface area (Å²) in [6, 6.07) is 5.08.